The van der Waals surface area contributed by atoms with Gasteiger partial charge in [0.2, 0.25) is 5.91 Å². The Morgan fingerprint density at radius 2 is 1.85 bits per heavy atom. The van der Waals surface area contributed by atoms with Gasteiger partial charge in [-0.1, -0.05) is 18.2 Å². The SMILES string of the molecule is Cc1ccc(N2C[C@H](c3nc4ccccc4n3C(C)C)CC2=O)cc1C. The summed E-state index contributed by atoms with van der Waals surface area (Å²) in [6, 6.07) is 14.8. The lowest BCUT2D eigenvalue weighted by Crippen LogP contribution is -2.24. The highest BCUT2D eigenvalue weighted by Gasteiger charge is 2.35. The molecule has 1 aromatic heterocycles. The van der Waals surface area contributed by atoms with E-state index in [0.717, 1.165) is 22.5 Å². The van der Waals surface area contributed by atoms with Crippen LogP contribution in [0, 0.1) is 13.8 Å². The molecule has 0 spiro atoms. The van der Waals surface area contributed by atoms with E-state index in [2.05, 4.69) is 56.5 Å². The number of anilines is 1. The van der Waals surface area contributed by atoms with Crippen LogP contribution in [-0.2, 0) is 4.79 Å². The van der Waals surface area contributed by atoms with Crippen LogP contribution >= 0.6 is 0 Å². The van der Waals surface area contributed by atoms with Crippen molar-refractivity contribution in [2.75, 3.05) is 11.4 Å². The lowest BCUT2D eigenvalue weighted by atomic mass is 10.1. The summed E-state index contributed by atoms with van der Waals surface area (Å²) in [4.78, 5) is 19.6. The number of aromatic nitrogens is 2. The van der Waals surface area contributed by atoms with Gasteiger partial charge in [0.15, 0.2) is 0 Å². The van der Waals surface area contributed by atoms with Gasteiger partial charge in [-0.15, -0.1) is 0 Å². The van der Waals surface area contributed by atoms with Gasteiger partial charge in [0.25, 0.3) is 0 Å². The van der Waals surface area contributed by atoms with Crippen molar-refractivity contribution in [2.45, 2.75) is 46.1 Å². The van der Waals surface area contributed by atoms with Gasteiger partial charge in [0.1, 0.15) is 5.82 Å². The van der Waals surface area contributed by atoms with Crippen molar-refractivity contribution in [1.82, 2.24) is 9.55 Å². The summed E-state index contributed by atoms with van der Waals surface area (Å²) in [7, 11) is 0. The second-order valence-corrected chi connectivity index (χ2v) is 7.60. The molecule has 26 heavy (non-hydrogen) atoms. The van der Waals surface area contributed by atoms with E-state index in [9.17, 15) is 4.79 Å². The third-order valence-corrected chi connectivity index (χ3v) is 5.43. The van der Waals surface area contributed by atoms with E-state index in [0.29, 0.717) is 19.0 Å². The Morgan fingerprint density at radius 3 is 2.58 bits per heavy atom. The van der Waals surface area contributed by atoms with Crippen LogP contribution in [0.5, 0.6) is 0 Å². The minimum absolute atomic E-state index is 0.124. The van der Waals surface area contributed by atoms with Crippen LogP contribution in [0.1, 0.15) is 49.2 Å². The molecular weight excluding hydrogens is 322 g/mol. The first-order valence-electron chi connectivity index (χ1n) is 9.30. The number of hydrogen-bond acceptors (Lipinski definition) is 2. The maximum Gasteiger partial charge on any atom is 0.227 e. The maximum absolute atomic E-state index is 12.7. The molecule has 134 valence electrons. The number of carbonyl (C=O) groups is 1. The van der Waals surface area contributed by atoms with Gasteiger partial charge >= 0.3 is 0 Å². The summed E-state index contributed by atoms with van der Waals surface area (Å²) in [5.74, 6) is 1.33. The van der Waals surface area contributed by atoms with Gasteiger partial charge in [-0.3, -0.25) is 4.79 Å². The number of aryl methyl sites for hydroxylation is 2. The van der Waals surface area contributed by atoms with Crippen molar-refractivity contribution in [2.24, 2.45) is 0 Å². The minimum Gasteiger partial charge on any atom is -0.325 e. The molecule has 4 nitrogen and oxygen atoms in total. The number of nitrogens with zero attached hydrogens (tertiary/aromatic N) is 3. The van der Waals surface area contributed by atoms with Gasteiger partial charge in [-0.25, -0.2) is 4.98 Å². The molecule has 0 radical (unpaired) electrons. The summed E-state index contributed by atoms with van der Waals surface area (Å²) >= 11 is 0. The lowest BCUT2D eigenvalue weighted by molar-refractivity contribution is -0.117. The highest BCUT2D eigenvalue weighted by molar-refractivity contribution is 5.96. The Kier molecular flexibility index (Phi) is 4.06. The van der Waals surface area contributed by atoms with Gasteiger partial charge in [0.05, 0.1) is 11.0 Å². The molecular formula is C22H25N3O. The van der Waals surface area contributed by atoms with Crippen LogP contribution in [0.2, 0.25) is 0 Å². The van der Waals surface area contributed by atoms with Crippen molar-refractivity contribution in [3.8, 4) is 0 Å². The molecule has 1 saturated heterocycles. The number of benzene rings is 2. The molecule has 0 saturated carbocycles. The first-order valence-corrected chi connectivity index (χ1v) is 9.30. The van der Waals surface area contributed by atoms with E-state index in [1.54, 1.807) is 0 Å². The highest BCUT2D eigenvalue weighted by atomic mass is 16.2. The summed E-state index contributed by atoms with van der Waals surface area (Å²) in [5, 5.41) is 0. The van der Waals surface area contributed by atoms with Crippen LogP contribution in [0.15, 0.2) is 42.5 Å². The van der Waals surface area contributed by atoms with Crippen molar-refractivity contribution in [3.05, 3.63) is 59.4 Å². The number of carbonyl (C=O) groups excluding carboxylic acids is 1. The summed E-state index contributed by atoms with van der Waals surface area (Å²) < 4.78 is 2.29. The number of para-hydroxylation sites is 2. The van der Waals surface area contributed by atoms with Crippen molar-refractivity contribution in [3.63, 3.8) is 0 Å². The molecule has 4 rings (SSSR count). The van der Waals surface area contributed by atoms with Crippen molar-refractivity contribution < 1.29 is 4.79 Å². The van der Waals surface area contributed by atoms with Crippen LogP contribution in [0.4, 0.5) is 5.69 Å². The Hall–Kier alpha value is -2.62. The molecule has 1 aliphatic heterocycles. The molecule has 0 aliphatic carbocycles. The van der Waals surface area contributed by atoms with Crippen LogP contribution in [-0.4, -0.2) is 22.0 Å². The molecule has 1 aliphatic rings. The highest BCUT2D eigenvalue weighted by Crippen LogP contribution is 2.35. The van der Waals surface area contributed by atoms with Gasteiger partial charge in [-0.05, 0) is 63.1 Å². The Morgan fingerprint density at radius 1 is 1.08 bits per heavy atom. The average molecular weight is 347 g/mol. The third kappa shape index (κ3) is 2.70. The molecule has 0 bridgehead atoms. The van der Waals surface area contributed by atoms with Crippen LogP contribution in [0.25, 0.3) is 11.0 Å². The third-order valence-electron chi connectivity index (χ3n) is 5.43. The van der Waals surface area contributed by atoms with Crippen molar-refractivity contribution >= 4 is 22.6 Å². The number of fused-ring (bicyclic) bond motifs is 1. The first kappa shape index (κ1) is 16.8. The smallest absolute Gasteiger partial charge is 0.227 e. The number of rotatable bonds is 3. The molecule has 2 heterocycles. The predicted octanol–water partition coefficient (Wildman–Crippen LogP) is 4.75. The molecule has 3 aromatic rings. The van der Waals surface area contributed by atoms with Crippen LogP contribution in [0.3, 0.4) is 0 Å². The van der Waals surface area contributed by atoms with E-state index in [1.165, 1.54) is 11.1 Å². The van der Waals surface area contributed by atoms with E-state index >= 15 is 0 Å². The van der Waals surface area contributed by atoms with E-state index in [1.807, 2.05) is 23.1 Å². The molecule has 0 unspecified atom stereocenters. The van der Waals surface area contributed by atoms with E-state index < -0.39 is 0 Å². The second-order valence-electron chi connectivity index (χ2n) is 7.60. The zero-order valence-electron chi connectivity index (χ0n) is 15.9. The molecule has 1 amide bonds. The fourth-order valence-electron chi connectivity index (χ4n) is 3.92. The first-order chi connectivity index (χ1) is 12.5. The largest absolute Gasteiger partial charge is 0.325 e. The standard InChI is InChI=1S/C22H25N3O/c1-14(2)25-20-8-6-5-7-19(20)23-22(25)17-12-21(26)24(13-17)18-10-9-15(3)16(4)11-18/h5-11,14,17H,12-13H2,1-4H3/t17-/m1/s1. The van der Waals surface area contributed by atoms with E-state index in [-0.39, 0.29) is 11.8 Å². The average Bonchev–Trinajstić information content (AvgIpc) is 3.18. The Labute approximate surface area is 154 Å². The molecule has 2 aromatic carbocycles. The molecule has 1 fully saturated rings. The number of imidazole rings is 1. The van der Waals surface area contributed by atoms with Gasteiger partial charge in [-0.2, -0.15) is 0 Å². The quantitative estimate of drug-likeness (QED) is 0.685. The fourth-order valence-corrected chi connectivity index (χ4v) is 3.92. The maximum atomic E-state index is 12.7. The molecule has 1 atom stereocenters. The Balaban J connectivity index is 1.72. The fraction of sp³-hybridized carbons (Fsp3) is 0.364. The monoisotopic (exact) mass is 347 g/mol. The summed E-state index contributed by atoms with van der Waals surface area (Å²) in [6.45, 7) is 9.23. The second kappa shape index (κ2) is 6.27. The molecule has 0 N–H and O–H groups in total. The van der Waals surface area contributed by atoms with E-state index in [4.69, 9.17) is 4.98 Å². The van der Waals surface area contributed by atoms with Gasteiger partial charge in [0, 0.05) is 30.6 Å². The zero-order chi connectivity index (χ0) is 18.4. The normalized spacial score (nSPS) is 17.7. The number of amides is 1. The van der Waals surface area contributed by atoms with Crippen molar-refractivity contribution in [1.29, 1.82) is 0 Å². The minimum atomic E-state index is 0.124. The van der Waals surface area contributed by atoms with Crippen LogP contribution < -0.4 is 4.90 Å². The predicted molar refractivity (Wildman–Crippen MR) is 106 cm³/mol. The topological polar surface area (TPSA) is 38.1 Å². The summed E-state index contributed by atoms with van der Waals surface area (Å²) in [5.41, 5.74) is 5.61. The number of hydrogen-bond donors (Lipinski definition) is 0. The summed E-state index contributed by atoms with van der Waals surface area (Å²) in [6.07, 6.45) is 0.517. The lowest BCUT2D eigenvalue weighted by Gasteiger charge is -2.19. The van der Waals surface area contributed by atoms with Gasteiger partial charge < -0.3 is 9.47 Å². The Bertz CT molecular complexity index is 986. The zero-order valence-corrected chi connectivity index (χ0v) is 15.9. The molecule has 4 heteroatoms.